The topological polar surface area (TPSA) is 71.5 Å². The number of hydrogen-bond donors (Lipinski definition) is 1. The number of nitrogens with one attached hydrogen (secondary N) is 1. The molecule has 2 heterocycles. The quantitative estimate of drug-likeness (QED) is 0.939. The predicted octanol–water partition coefficient (Wildman–Crippen LogP) is 2.14. The molecule has 1 aliphatic heterocycles. The zero-order valence-corrected chi connectivity index (χ0v) is 12.8. The molecule has 1 aliphatic rings. The number of pyridine rings is 1. The van der Waals surface area contributed by atoms with E-state index in [9.17, 15) is 9.59 Å². The van der Waals surface area contributed by atoms with Gasteiger partial charge in [0.05, 0.1) is 5.69 Å². The second-order valence-electron chi connectivity index (χ2n) is 5.32. The van der Waals surface area contributed by atoms with Gasteiger partial charge in [0.2, 0.25) is 5.91 Å². The van der Waals surface area contributed by atoms with E-state index < -0.39 is 0 Å². The number of fused-ring (bicyclic) bond motifs is 1. The van der Waals surface area contributed by atoms with Crippen LogP contribution in [0.25, 0.3) is 0 Å². The highest BCUT2D eigenvalue weighted by Gasteiger charge is 2.25. The smallest absolute Gasteiger partial charge is 0.265 e. The van der Waals surface area contributed by atoms with Crippen molar-refractivity contribution in [1.82, 2.24) is 4.98 Å². The van der Waals surface area contributed by atoms with Crippen molar-refractivity contribution in [1.29, 1.82) is 0 Å². The lowest BCUT2D eigenvalue weighted by Crippen LogP contribution is -2.40. The Bertz CT molecular complexity index is 728. The summed E-state index contributed by atoms with van der Waals surface area (Å²) < 4.78 is 5.38. The van der Waals surface area contributed by atoms with Crippen molar-refractivity contribution in [3.8, 4) is 5.75 Å². The van der Waals surface area contributed by atoms with Crippen molar-refractivity contribution < 1.29 is 14.3 Å². The zero-order chi connectivity index (χ0) is 16.2. The summed E-state index contributed by atoms with van der Waals surface area (Å²) in [7, 11) is 0. The monoisotopic (exact) mass is 311 g/mol. The van der Waals surface area contributed by atoms with Gasteiger partial charge in [0.25, 0.3) is 5.91 Å². The first-order valence-corrected chi connectivity index (χ1v) is 7.38. The molecule has 2 aromatic rings. The molecule has 0 bridgehead atoms. The fraction of sp³-hybridized carbons (Fsp3) is 0.235. The van der Waals surface area contributed by atoms with E-state index in [1.165, 1.54) is 0 Å². The molecule has 1 aromatic carbocycles. The number of amides is 2. The van der Waals surface area contributed by atoms with Gasteiger partial charge < -0.3 is 15.0 Å². The van der Waals surface area contributed by atoms with Crippen LogP contribution in [0, 0.1) is 6.92 Å². The number of ether oxygens (including phenoxy) is 1. The third-order valence-corrected chi connectivity index (χ3v) is 3.55. The predicted molar refractivity (Wildman–Crippen MR) is 86.5 cm³/mol. The number of aryl methyl sites for hydroxylation is 1. The van der Waals surface area contributed by atoms with Gasteiger partial charge in [-0.15, -0.1) is 0 Å². The molecule has 0 spiro atoms. The molecule has 0 aliphatic carbocycles. The van der Waals surface area contributed by atoms with E-state index in [0.717, 1.165) is 5.56 Å². The molecule has 3 rings (SSSR count). The van der Waals surface area contributed by atoms with Crippen LogP contribution in [0.3, 0.4) is 0 Å². The van der Waals surface area contributed by atoms with Crippen LogP contribution in [0.4, 0.5) is 11.5 Å². The van der Waals surface area contributed by atoms with Crippen LogP contribution in [0.1, 0.15) is 12.0 Å². The Morgan fingerprint density at radius 2 is 2.13 bits per heavy atom. The van der Waals surface area contributed by atoms with Gasteiger partial charge in [0.1, 0.15) is 11.6 Å². The maximum absolute atomic E-state index is 12.0. The number of hydrogen-bond acceptors (Lipinski definition) is 4. The highest BCUT2D eigenvalue weighted by atomic mass is 16.5. The van der Waals surface area contributed by atoms with Crippen LogP contribution in [0.5, 0.6) is 5.75 Å². The van der Waals surface area contributed by atoms with Gasteiger partial charge in [-0.3, -0.25) is 9.59 Å². The van der Waals surface area contributed by atoms with E-state index in [0.29, 0.717) is 23.8 Å². The lowest BCUT2D eigenvalue weighted by Gasteiger charge is -2.29. The molecule has 0 atom stereocenters. The molecular formula is C17H17N3O3. The van der Waals surface area contributed by atoms with E-state index in [2.05, 4.69) is 10.3 Å². The van der Waals surface area contributed by atoms with E-state index in [4.69, 9.17) is 4.74 Å². The summed E-state index contributed by atoms with van der Waals surface area (Å²) in [5, 5.41) is 2.73. The Balaban J connectivity index is 1.62. The number of aromatic nitrogens is 1. The van der Waals surface area contributed by atoms with Crippen molar-refractivity contribution in [3.05, 3.63) is 48.2 Å². The number of carbonyl (C=O) groups is 2. The molecule has 6 nitrogen and oxygen atoms in total. The van der Waals surface area contributed by atoms with Crippen molar-refractivity contribution in [2.75, 3.05) is 23.4 Å². The first kappa shape index (κ1) is 15.0. The Morgan fingerprint density at radius 3 is 2.91 bits per heavy atom. The normalized spacial score (nSPS) is 13.3. The van der Waals surface area contributed by atoms with Crippen molar-refractivity contribution in [2.24, 2.45) is 0 Å². The molecule has 0 fully saturated rings. The second kappa shape index (κ2) is 6.48. The summed E-state index contributed by atoms with van der Waals surface area (Å²) in [6.45, 7) is 2.23. The fourth-order valence-electron chi connectivity index (χ4n) is 2.36. The summed E-state index contributed by atoms with van der Waals surface area (Å²) in [6.07, 6.45) is 1.88. The Morgan fingerprint density at radius 1 is 1.30 bits per heavy atom. The number of para-hydroxylation sites is 2. The molecule has 0 radical (unpaired) electrons. The van der Waals surface area contributed by atoms with Gasteiger partial charge in [-0.1, -0.05) is 18.2 Å². The number of anilines is 2. The second-order valence-corrected chi connectivity index (χ2v) is 5.32. The lowest BCUT2D eigenvalue weighted by atomic mass is 10.2. The van der Waals surface area contributed by atoms with Crippen molar-refractivity contribution in [2.45, 2.75) is 13.3 Å². The Kier molecular flexibility index (Phi) is 4.23. The average Bonchev–Trinajstić information content (AvgIpc) is 2.56. The number of nitrogens with zero attached hydrogens (tertiary/aromatic N) is 2. The highest BCUT2D eigenvalue weighted by molar-refractivity contribution is 5.99. The summed E-state index contributed by atoms with van der Waals surface area (Å²) >= 11 is 0. The zero-order valence-electron chi connectivity index (χ0n) is 12.8. The third-order valence-electron chi connectivity index (χ3n) is 3.55. The average molecular weight is 311 g/mol. The van der Waals surface area contributed by atoms with Crippen LogP contribution in [0.15, 0.2) is 42.6 Å². The van der Waals surface area contributed by atoms with Gasteiger partial charge in [0, 0.05) is 19.2 Å². The molecule has 6 heteroatoms. The summed E-state index contributed by atoms with van der Waals surface area (Å²) in [5.74, 6) is 0.838. The van der Waals surface area contributed by atoms with Crippen LogP contribution < -0.4 is 15.0 Å². The summed E-state index contributed by atoms with van der Waals surface area (Å²) in [5.41, 5.74) is 1.73. The SMILES string of the molecule is Cc1ccc(NC(=O)CCN2C(=O)COc3ccccc32)nc1. The minimum atomic E-state index is -0.182. The summed E-state index contributed by atoms with van der Waals surface area (Å²) in [4.78, 5) is 29.8. The number of rotatable bonds is 4. The van der Waals surface area contributed by atoms with Gasteiger partial charge in [-0.05, 0) is 30.7 Å². The molecule has 1 aromatic heterocycles. The van der Waals surface area contributed by atoms with Gasteiger partial charge in [-0.2, -0.15) is 0 Å². The Labute approximate surface area is 134 Å². The van der Waals surface area contributed by atoms with Crippen LogP contribution in [-0.4, -0.2) is 29.9 Å². The fourth-order valence-corrected chi connectivity index (χ4v) is 2.36. The molecule has 118 valence electrons. The molecule has 0 unspecified atom stereocenters. The molecule has 0 saturated carbocycles. The van der Waals surface area contributed by atoms with E-state index in [1.54, 1.807) is 17.2 Å². The molecule has 1 N–H and O–H groups in total. The van der Waals surface area contributed by atoms with Gasteiger partial charge in [0.15, 0.2) is 6.61 Å². The van der Waals surface area contributed by atoms with E-state index in [-0.39, 0.29) is 24.8 Å². The van der Waals surface area contributed by atoms with Crippen molar-refractivity contribution in [3.63, 3.8) is 0 Å². The molecule has 23 heavy (non-hydrogen) atoms. The van der Waals surface area contributed by atoms with Gasteiger partial charge in [-0.25, -0.2) is 4.98 Å². The Hall–Kier alpha value is -2.89. The minimum Gasteiger partial charge on any atom is -0.482 e. The van der Waals surface area contributed by atoms with E-state index >= 15 is 0 Å². The molecular weight excluding hydrogens is 294 g/mol. The first-order chi connectivity index (χ1) is 11.1. The van der Waals surface area contributed by atoms with Crippen molar-refractivity contribution >= 4 is 23.3 Å². The number of benzene rings is 1. The molecule has 0 saturated heterocycles. The lowest BCUT2D eigenvalue weighted by molar-refractivity contribution is -0.121. The largest absolute Gasteiger partial charge is 0.482 e. The highest BCUT2D eigenvalue weighted by Crippen LogP contribution is 2.31. The number of carbonyl (C=O) groups excluding carboxylic acids is 2. The van der Waals surface area contributed by atoms with Crippen LogP contribution >= 0.6 is 0 Å². The van der Waals surface area contributed by atoms with E-state index in [1.807, 2.05) is 37.3 Å². The maximum Gasteiger partial charge on any atom is 0.265 e. The first-order valence-electron chi connectivity index (χ1n) is 7.38. The summed E-state index contributed by atoms with van der Waals surface area (Å²) in [6, 6.07) is 10.9. The standard InChI is InChI=1S/C17H17N3O3/c1-12-6-7-15(18-10-12)19-16(21)8-9-20-13-4-2-3-5-14(13)23-11-17(20)22/h2-7,10H,8-9,11H2,1H3,(H,18,19,21). The third kappa shape index (κ3) is 3.48. The van der Waals surface area contributed by atoms with Crippen LogP contribution in [-0.2, 0) is 9.59 Å². The van der Waals surface area contributed by atoms with Crippen LogP contribution in [0.2, 0.25) is 0 Å². The minimum absolute atomic E-state index is 0.00184. The molecule has 2 amide bonds. The maximum atomic E-state index is 12.0. The van der Waals surface area contributed by atoms with Gasteiger partial charge >= 0.3 is 0 Å².